The second-order valence-electron chi connectivity index (χ2n) is 20.9. The van der Waals surface area contributed by atoms with Crippen molar-refractivity contribution in [2.75, 3.05) is 13.2 Å². The fraction of sp³-hybridized carbons (Fsp3) is 0.750. The van der Waals surface area contributed by atoms with Crippen molar-refractivity contribution in [3.8, 4) is 0 Å². The molecule has 0 N–H and O–H groups in total. The van der Waals surface area contributed by atoms with Crippen LogP contribution in [0.25, 0.3) is 0 Å². The van der Waals surface area contributed by atoms with Gasteiger partial charge in [-0.3, -0.25) is 14.4 Å². The quantitative estimate of drug-likeness (QED) is 0.0261. The van der Waals surface area contributed by atoms with Gasteiger partial charge in [0.2, 0.25) is 0 Å². The van der Waals surface area contributed by atoms with Crippen molar-refractivity contribution in [3.63, 3.8) is 0 Å². The second kappa shape index (κ2) is 62.1. The van der Waals surface area contributed by atoms with E-state index in [4.69, 9.17) is 14.2 Å². The molecule has 0 aromatic rings. The number of carbonyl (C=O) groups excluding carboxylic acids is 3. The topological polar surface area (TPSA) is 78.9 Å². The van der Waals surface area contributed by atoms with Gasteiger partial charge in [-0.2, -0.15) is 0 Å². The molecule has 6 heteroatoms. The number of esters is 3. The van der Waals surface area contributed by atoms with E-state index in [0.717, 1.165) is 103 Å². The molecule has 0 rings (SSSR count). The Morgan fingerprint density at radius 2 is 0.527 bits per heavy atom. The van der Waals surface area contributed by atoms with Crippen molar-refractivity contribution in [3.05, 3.63) is 85.1 Å². The highest BCUT2D eigenvalue weighted by atomic mass is 16.6. The van der Waals surface area contributed by atoms with Crippen LogP contribution in [0.5, 0.6) is 0 Å². The molecular weight excluding hydrogens is 913 g/mol. The summed E-state index contributed by atoms with van der Waals surface area (Å²) in [5.74, 6) is -0.935. The van der Waals surface area contributed by atoms with Crippen LogP contribution in [0.1, 0.15) is 310 Å². The fourth-order valence-corrected chi connectivity index (χ4v) is 8.87. The molecule has 0 aliphatic rings. The van der Waals surface area contributed by atoms with Crippen LogP contribution < -0.4 is 0 Å². The Morgan fingerprint density at radius 1 is 0.284 bits per heavy atom. The second-order valence-corrected chi connectivity index (χ2v) is 20.9. The number of carbonyl (C=O) groups is 3. The third kappa shape index (κ3) is 59.5. The molecule has 6 nitrogen and oxygen atoms in total. The van der Waals surface area contributed by atoms with Gasteiger partial charge in [-0.1, -0.05) is 260 Å². The van der Waals surface area contributed by atoms with Gasteiger partial charge in [0, 0.05) is 19.3 Å². The standard InChI is InChI=1S/C68H118O6/c1-4-7-10-13-16-19-22-25-28-30-31-32-33-34-35-36-37-38-41-43-46-49-52-55-58-61-67(70)73-64-65(63-72-66(69)60-57-54-51-48-45-42-39-27-24-21-18-15-12-9-6-3)74-68(71)62-59-56-53-50-47-44-40-29-26-23-20-17-14-11-8-5-2/h9,12,18,21-22,25,27,29-31,39-40,45,48,65H,4-8,10-11,13-17,19-20,23-24,26,28,32-38,41-44,46-47,49-64H2,1-3H3/b12-9-,21-18-,25-22-,31-30-,39-27-,40-29-,48-45-. The van der Waals surface area contributed by atoms with Crippen molar-refractivity contribution < 1.29 is 28.6 Å². The largest absolute Gasteiger partial charge is 0.462 e. The Kier molecular flexibility index (Phi) is 59.3. The van der Waals surface area contributed by atoms with Gasteiger partial charge >= 0.3 is 17.9 Å². The van der Waals surface area contributed by atoms with Crippen LogP contribution in [0.15, 0.2) is 85.1 Å². The molecular formula is C68H118O6. The van der Waals surface area contributed by atoms with Crippen LogP contribution in [0.2, 0.25) is 0 Å². The molecule has 0 amide bonds. The van der Waals surface area contributed by atoms with E-state index in [1.165, 1.54) is 167 Å². The molecule has 0 saturated carbocycles. The van der Waals surface area contributed by atoms with E-state index in [1.54, 1.807) is 0 Å². The van der Waals surface area contributed by atoms with E-state index < -0.39 is 6.10 Å². The molecule has 0 fully saturated rings. The first-order valence-corrected chi connectivity index (χ1v) is 31.6. The summed E-state index contributed by atoms with van der Waals surface area (Å²) in [5, 5.41) is 0. The zero-order chi connectivity index (χ0) is 53.6. The molecule has 0 bridgehead atoms. The zero-order valence-electron chi connectivity index (χ0n) is 48.8. The summed E-state index contributed by atoms with van der Waals surface area (Å²) >= 11 is 0. The fourth-order valence-electron chi connectivity index (χ4n) is 8.87. The van der Waals surface area contributed by atoms with Crippen molar-refractivity contribution in [2.45, 2.75) is 316 Å². The molecule has 0 aliphatic heterocycles. The molecule has 0 saturated heterocycles. The number of unbranched alkanes of at least 4 members (excludes halogenated alkanes) is 32. The number of hydrogen-bond acceptors (Lipinski definition) is 6. The lowest BCUT2D eigenvalue weighted by Gasteiger charge is -2.18. The minimum atomic E-state index is -0.799. The Bertz CT molecular complexity index is 1420. The van der Waals surface area contributed by atoms with Crippen molar-refractivity contribution in [1.29, 1.82) is 0 Å². The first-order valence-electron chi connectivity index (χ1n) is 31.6. The Balaban J connectivity index is 4.34. The molecule has 426 valence electrons. The van der Waals surface area contributed by atoms with Gasteiger partial charge in [-0.15, -0.1) is 0 Å². The summed E-state index contributed by atoms with van der Waals surface area (Å²) in [6, 6.07) is 0. The number of allylic oxidation sites excluding steroid dienone is 14. The third-order valence-electron chi connectivity index (χ3n) is 13.6. The van der Waals surface area contributed by atoms with Gasteiger partial charge in [0.1, 0.15) is 13.2 Å². The van der Waals surface area contributed by atoms with Gasteiger partial charge in [-0.05, 0) is 116 Å². The zero-order valence-corrected chi connectivity index (χ0v) is 48.8. The van der Waals surface area contributed by atoms with E-state index in [9.17, 15) is 14.4 Å². The van der Waals surface area contributed by atoms with Gasteiger partial charge < -0.3 is 14.2 Å². The highest BCUT2D eigenvalue weighted by molar-refractivity contribution is 5.71. The summed E-state index contributed by atoms with van der Waals surface area (Å²) in [5.41, 5.74) is 0. The average Bonchev–Trinajstić information content (AvgIpc) is 3.40. The molecule has 0 aromatic heterocycles. The number of hydrogen-bond donors (Lipinski definition) is 0. The first-order chi connectivity index (χ1) is 36.5. The molecule has 1 atom stereocenters. The van der Waals surface area contributed by atoms with Crippen LogP contribution in [0.3, 0.4) is 0 Å². The number of ether oxygens (including phenoxy) is 3. The van der Waals surface area contributed by atoms with E-state index in [1.807, 2.05) is 0 Å². The minimum absolute atomic E-state index is 0.0923. The van der Waals surface area contributed by atoms with Crippen LogP contribution in [0.4, 0.5) is 0 Å². The van der Waals surface area contributed by atoms with Crippen molar-refractivity contribution in [2.24, 2.45) is 0 Å². The average molecular weight is 1030 g/mol. The normalized spacial score (nSPS) is 12.6. The summed E-state index contributed by atoms with van der Waals surface area (Å²) < 4.78 is 16.9. The lowest BCUT2D eigenvalue weighted by atomic mass is 10.0. The predicted octanol–water partition coefficient (Wildman–Crippen LogP) is 21.5. The summed E-state index contributed by atoms with van der Waals surface area (Å²) in [7, 11) is 0. The van der Waals surface area contributed by atoms with Crippen molar-refractivity contribution in [1.82, 2.24) is 0 Å². The molecule has 0 spiro atoms. The molecule has 1 unspecified atom stereocenters. The highest BCUT2D eigenvalue weighted by Gasteiger charge is 2.19. The Hall–Kier alpha value is -3.41. The third-order valence-corrected chi connectivity index (χ3v) is 13.6. The van der Waals surface area contributed by atoms with Crippen LogP contribution >= 0.6 is 0 Å². The van der Waals surface area contributed by atoms with E-state index in [-0.39, 0.29) is 31.1 Å². The van der Waals surface area contributed by atoms with E-state index in [2.05, 4.69) is 106 Å². The maximum absolute atomic E-state index is 12.9. The van der Waals surface area contributed by atoms with E-state index >= 15 is 0 Å². The maximum Gasteiger partial charge on any atom is 0.306 e. The Labute approximate surface area is 458 Å². The van der Waals surface area contributed by atoms with Crippen LogP contribution in [0, 0.1) is 0 Å². The number of rotatable bonds is 57. The van der Waals surface area contributed by atoms with Gasteiger partial charge in [-0.25, -0.2) is 0 Å². The smallest absolute Gasteiger partial charge is 0.306 e. The predicted molar refractivity (Wildman–Crippen MR) is 321 cm³/mol. The summed E-state index contributed by atoms with van der Waals surface area (Å²) in [4.78, 5) is 38.3. The molecule has 74 heavy (non-hydrogen) atoms. The lowest BCUT2D eigenvalue weighted by Crippen LogP contribution is -2.30. The monoisotopic (exact) mass is 1030 g/mol. The molecule has 0 heterocycles. The van der Waals surface area contributed by atoms with Gasteiger partial charge in [0.15, 0.2) is 6.10 Å². The van der Waals surface area contributed by atoms with E-state index in [0.29, 0.717) is 19.3 Å². The van der Waals surface area contributed by atoms with Gasteiger partial charge in [0.25, 0.3) is 0 Å². The maximum atomic E-state index is 12.9. The van der Waals surface area contributed by atoms with Crippen LogP contribution in [-0.2, 0) is 28.6 Å². The van der Waals surface area contributed by atoms with Gasteiger partial charge in [0.05, 0.1) is 0 Å². The van der Waals surface area contributed by atoms with Crippen LogP contribution in [-0.4, -0.2) is 37.2 Å². The SMILES string of the molecule is CC/C=C\C/C=C\C/C=C\C/C=C\CCCCC(=O)OCC(COC(=O)CCCCCCCCCCCCCCC/C=C\C/C=C\CCCCCCC)OC(=O)CCCCCCC/C=C\CCCCCCCCC. The first kappa shape index (κ1) is 70.6. The minimum Gasteiger partial charge on any atom is -0.462 e. The highest BCUT2D eigenvalue weighted by Crippen LogP contribution is 2.16. The molecule has 0 aromatic carbocycles. The molecule has 0 aliphatic carbocycles. The summed E-state index contributed by atoms with van der Waals surface area (Å²) in [6.07, 6.45) is 81.6. The Morgan fingerprint density at radius 3 is 0.865 bits per heavy atom. The lowest BCUT2D eigenvalue weighted by molar-refractivity contribution is -0.167. The summed E-state index contributed by atoms with van der Waals surface area (Å²) in [6.45, 7) is 6.50. The molecule has 0 radical (unpaired) electrons. The van der Waals surface area contributed by atoms with Crippen molar-refractivity contribution >= 4 is 17.9 Å².